The third kappa shape index (κ3) is 4.97. The molecule has 4 N–H and O–H groups in total. The number of ketones is 1. The molecule has 1 aliphatic rings. The Kier molecular flexibility index (Phi) is 6.63. The van der Waals surface area contributed by atoms with Crippen LogP contribution in [-0.4, -0.2) is 50.5 Å². The van der Waals surface area contributed by atoms with Crippen LogP contribution in [0.15, 0.2) is 18.2 Å². The van der Waals surface area contributed by atoms with Gasteiger partial charge < -0.3 is 25.2 Å². The fourth-order valence-electron chi connectivity index (χ4n) is 2.73. The highest BCUT2D eigenvalue weighted by Gasteiger charge is 2.27. The van der Waals surface area contributed by atoms with Crippen LogP contribution in [0.4, 0.5) is 0 Å². The lowest BCUT2D eigenvalue weighted by Gasteiger charge is -2.19. The molecular weight excluding hydrogens is 364 g/mol. The fraction of sp³-hybridized carbons (Fsp3) is 0.444. The number of esters is 1. The van der Waals surface area contributed by atoms with Crippen molar-refractivity contribution < 1.29 is 34.8 Å². The Labute approximate surface area is 155 Å². The second kappa shape index (κ2) is 8.53. The second-order valence-electron chi connectivity index (χ2n) is 6.31. The third-order valence-corrected chi connectivity index (χ3v) is 4.48. The molecule has 1 heterocycles. The first-order valence-corrected chi connectivity index (χ1v) is 8.57. The van der Waals surface area contributed by atoms with Crippen molar-refractivity contribution in [3.05, 3.63) is 34.4 Å². The fourth-order valence-corrected chi connectivity index (χ4v) is 2.95. The molecule has 0 saturated heterocycles. The highest BCUT2D eigenvalue weighted by molar-refractivity contribution is 6.33. The maximum absolute atomic E-state index is 12.5. The Hall–Kier alpha value is -2.09. The molecule has 1 aromatic rings. The molecule has 2 rings (SSSR count). The molecule has 0 amide bonds. The topological polar surface area (TPSA) is 124 Å². The van der Waals surface area contributed by atoms with Gasteiger partial charge in [0.25, 0.3) is 0 Å². The average molecular weight is 385 g/mol. The zero-order valence-electron chi connectivity index (χ0n) is 14.2. The first kappa shape index (κ1) is 20.2. The summed E-state index contributed by atoms with van der Waals surface area (Å²) >= 11 is 6.03. The van der Waals surface area contributed by atoms with Gasteiger partial charge in [0, 0.05) is 30.9 Å². The minimum atomic E-state index is -0.956. The number of hydrogen-bond donors (Lipinski definition) is 4. The van der Waals surface area contributed by atoms with Crippen molar-refractivity contribution in [2.75, 3.05) is 0 Å². The second-order valence-corrected chi connectivity index (χ2v) is 6.69. The summed E-state index contributed by atoms with van der Waals surface area (Å²) in [6.45, 7) is 1.56. The molecule has 0 saturated carbocycles. The van der Waals surface area contributed by atoms with Crippen molar-refractivity contribution >= 4 is 23.4 Å². The van der Waals surface area contributed by atoms with Gasteiger partial charge >= 0.3 is 5.97 Å². The van der Waals surface area contributed by atoms with Crippen molar-refractivity contribution in [3.8, 4) is 11.5 Å². The third-order valence-electron chi connectivity index (χ3n) is 4.06. The number of cyclic esters (lactones) is 1. The predicted molar refractivity (Wildman–Crippen MR) is 93.4 cm³/mol. The normalized spacial score (nSPS) is 26.5. The maximum atomic E-state index is 12.5. The van der Waals surface area contributed by atoms with Crippen LogP contribution in [0.25, 0.3) is 0 Å². The Morgan fingerprint density at radius 1 is 1.12 bits per heavy atom. The molecule has 0 unspecified atom stereocenters. The van der Waals surface area contributed by atoms with Crippen LogP contribution in [0.5, 0.6) is 11.5 Å². The van der Waals surface area contributed by atoms with Crippen molar-refractivity contribution in [3.63, 3.8) is 0 Å². The lowest BCUT2D eigenvalue weighted by molar-refractivity contribution is -0.118. The standard InChI is InChI=1S/C18H21ClO7/c1-9-6-11(21)4-2-10(20)3-5-12(22)7-13-16(18(25)26-9)14(23)8-15(24)17(13)19/h2,4,8-11,20-21,23-24H,3,5-7H2,1H3/b4-2-/t9-,10+,11+/m1/s1. The molecule has 0 aliphatic carbocycles. The summed E-state index contributed by atoms with van der Waals surface area (Å²) in [6.07, 6.45) is 0.0675. The number of halogens is 1. The zero-order chi connectivity index (χ0) is 19.4. The number of hydrogen-bond acceptors (Lipinski definition) is 7. The number of carbonyl (C=O) groups is 2. The van der Waals surface area contributed by atoms with Gasteiger partial charge in [-0.05, 0) is 13.3 Å². The SMILES string of the molecule is C[C@@H]1C[C@@H](O)/C=C\[C@H](O)CCC(=O)Cc2c(Cl)c(O)cc(O)c2C(=O)O1. The van der Waals surface area contributed by atoms with Gasteiger partial charge in [-0.1, -0.05) is 23.8 Å². The average Bonchev–Trinajstić information content (AvgIpc) is 2.54. The van der Waals surface area contributed by atoms with Crippen LogP contribution in [-0.2, 0) is 16.0 Å². The van der Waals surface area contributed by atoms with E-state index in [4.69, 9.17) is 16.3 Å². The van der Waals surface area contributed by atoms with Gasteiger partial charge in [-0.25, -0.2) is 4.79 Å². The molecule has 0 bridgehead atoms. The van der Waals surface area contributed by atoms with Crippen LogP contribution in [0.2, 0.25) is 5.02 Å². The van der Waals surface area contributed by atoms with Gasteiger partial charge in [0.2, 0.25) is 0 Å². The first-order chi connectivity index (χ1) is 12.2. The Morgan fingerprint density at radius 3 is 2.46 bits per heavy atom. The quantitative estimate of drug-likeness (QED) is 0.397. The number of aromatic hydroxyl groups is 2. The number of aliphatic hydroxyl groups excluding tert-OH is 2. The number of fused-ring (bicyclic) bond motifs is 1. The number of benzene rings is 1. The van der Waals surface area contributed by atoms with E-state index in [1.807, 2.05) is 0 Å². The molecule has 26 heavy (non-hydrogen) atoms. The number of carbonyl (C=O) groups excluding carboxylic acids is 2. The van der Waals surface area contributed by atoms with Gasteiger partial charge in [0.15, 0.2) is 0 Å². The molecular formula is C18H21ClO7. The maximum Gasteiger partial charge on any atom is 0.342 e. The molecule has 0 radical (unpaired) electrons. The molecule has 0 spiro atoms. The molecule has 0 aromatic heterocycles. The molecule has 3 atom stereocenters. The summed E-state index contributed by atoms with van der Waals surface area (Å²) in [5.74, 6) is -2.27. The summed E-state index contributed by atoms with van der Waals surface area (Å²) in [4.78, 5) is 24.7. The summed E-state index contributed by atoms with van der Waals surface area (Å²) in [7, 11) is 0. The van der Waals surface area contributed by atoms with E-state index in [-0.39, 0.29) is 47.6 Å². The van der Waals surface area contributed by atoms with Crippen LogP contribution in [0, 0.1) is 0 Å². The van der Waals surface area contributed by atoms with E-state index >= 15 is 0 Å². The van der Waals surface area contributed by atoms with E-state index in [9.17, 15) is 30.0 Å². The highest BCUT2D eigenvalue weighted by Crippen LogP contribution is 2.37. The smallest absolute Gasteiger partial charge is 0.342 e. The number of rotatable bonds is 0. The van der Waals surface area contributed by atoms with Crippen LogP contribution < -0.4 is 0 Å². The minimum Gasteiger partial charge on any atom is -0.507 e. The molecule has 0 fully saturated rings. The zero-order valence-corrected chi connectivity index (χ0v) is 14.9. The minimum absolute atomic E-state index is 0.0146. The monoisotopic (exact) mass is 384 g/mol. The van der Waals surface area contributed by atoms with Crippen molar-refractivity contribution in [1.29, 1.82) is 0 Å². The van der Waals surface area contributed by atoms with E-state index in [0.29, 0.717) is 0 Å². The summed E-state index contributed by atoms with van der Waals surface area (Å²) in [6, 6.07) is 0.905. The van der Waals surface area contributed by atoms with Gasteiger partial charge in [-0.2, -0.15) is 0 Å². The van der Waals surface area contributed by atoms with Crippen LogP contribution in [0.3, 0.4) is 0 Å². The Balaban J connectivity index is 2.45. The summed E-state index contributed by atoms with van der Waals surface area (Å²) in [5.41, 5.74) is -0.329. The summed E-state index contributed by atoms with van der Waals surface area (Å²) < 4.78 is 5.22. The van der Waals surface area contributed by atoms with Crippen molar-refractivity contribution in [2.45, 2.75) is 50.9 Å². The molecule has 1 aliphatic heterocycles. The molecule has 7 nitrogen and oxygen atoms in total. The van der Waals surface area contributed by atoms with Gasteiger partial charge in [-0.3, -0.25) is 4.79 Å². The van der Waals surface area contributed by atoms with Gasteiger partial charge in [0.05, 0.1) is 17.2 Å². The number of phenols is 2. The van der Waals surface area contributed by atoms with Gasteiger partial charge in [-0.15, -0.1) is 0 Å². The number of aliphatic hydroxyl groups is 2. The van der Waals surface area contributed by atoms with E-state index in [1.54, 1.807) is 6.92 Å². The number of ether oxygens (including phenoxy) is 1. The van der Waals surface area contributed by atoms with Crippen LogP contribution in [0.1, 0.15) is 42.1 Å². The highest BCUT2D eigenvalue weighted by atomic mass is 35.5. The lowest BCUT2D eigenvalue weighted by Crippen LogP contribution is -2.22. The van der Waals surface area contributed by atoms with E-state index < -0.39 is 35.8 Å². The molecule has 1 aromatic carbocycles. The van der Waals surface area contributed by atoms with E-state index in [0.717, 1.165) is 6.07 Å². The number of phenolic OH excluding ortho intramolecular Hbond substituents is 2. The largest absolute Gasteiger partial charge is 0.507 e. The van der Waals surface area contributed by atoms with E-state index in [2.05, 4.69) is 0 Å². The lowest BCUT2D eigenvalue weighted by atomic mass is 9.97. The molecule has 142 valence electrons. The van der Waals surface area contributed by atoms with Crippen molar-refractivity contribution in [1.82, 2.24) is 0 Å². The number of Topliss-reactive ketones (excluding diaryl/α,β-unsaturated/α-hetero) is 1. The Bertz CT molecular complexity index is 729. The van der Waals surface area contributed by atoms with Gasteiger partial charge in [0.1, 0.15) is 28.9 Å². The van der Waals surface area contributed by atoms with Crippen LogP contribution >= 0.6 is 11.6 Å². The summed E-state index contributed by atoms with van der Waals surface area (Å²) in [5, 5.41) is 39.4. The first-order valence-electron chi connectivity index (χ1n) is 8.19. The Morgan fingerprint density at radius 2 is 1.77 bits per heavy atom. The molecule has 8 heteroatoms. The van der Waals surface area contributed by atoms with E-state index in [1.165, 1.54) is 12.2 Å². The van der Waals surface area contributed by atoms with Crippen molar-refractivity contribution in [2.24, 2.45) is 0 Å². The predicted octanol–water partition coefficient (Wildman–Crippen LogP) is 1.87.